The third-order valence-electron chi connectivity index (χ3n) is 4.67. The SMILES string of the molecule is CCN(C)C(=O)N(C)CCCC/C=C\CCCCCCCCCC(=O)O. The molecule has 1 N–H and O–H groups in total. The first-order chi connectivity index (χ1) is 12.5. The molecule has 0 unspecified atom stereocenters. The Bertz CT molecular complexity index is 397. The number of hydrogen-bond acceptors (Lipinski definition) is 2. The highest BCUT2D eigenvalue weighted by Crippen LogP contribution is 2.10. The number of hydrogen-bond donors (Lipinski definition) is 1. The van der Waals surface area contributed by atoms with Crippen molar-refractivity contribution in [1.82, 2.24) is 9.80 Å². The largest absolute Gasteiger partial charge is 0.481 e. The van der Waals surface area contributed by atoms with Crippen LogP contribution in [0.4, 0.5) is 4.79 Å². The van der Waals surface area contributed by atoms with Crippen molar-refractivity contribution in [2.45, 2.75) is 84.0 Å². The molecule has 0 saturated heterocycles. The molecular formula is C21H40N2O3. The van der Waals surface area contributed by atoms with E-state index >= 15 is 0 Å². The minimum atomic E-state index is -0.679. The summed E-state index contributed by atoms with van der Waals surface area (Å²) >= 11 is 0. The molecule has 0 saturated carbocycles. The van der Waals surface area contributed by atoms with Gasteiger partial charge in [-0.2, -0.15) is 0 Å². The summed E-state index contributed by atoms with van der Waals surface area (Å²) in [6.07, 6.45) is 17.3. The third-order valence-corrected chi connectivity index (χ3v) is 4.67. The van der Waals surface area contributed by atoms with Crippen LogP contribution in [0, 0.1) is 0 Å². The number of allylic oxidation sites excluding steroid dienone is 2. The number of urea groups is 1. The van der Waals surface area contributed by atoms with Crippen molar-refractivity contribution in [2.75, 3.05) is 27.2 Å². The molecular weight excluding hydrogens is 328 g/mol. The van der Waals surface area contributed by atoms with Crippen LogP contribution in [0.5, 0.6) is 0 Å². The molecule has 0 aromatic heterocycles. The van der Waals surface area contributed by atoms with Gasteiger partial charge in [-0.15, -0.1) is 0 Å². The minimum Gasteiger partial charge on any atom is -0.481 e. The first-order valence-electron chi connectivity index (χ1n) is 10.3. The highest BCUT2D eigenvalue weighted by molar-refractivity contribution is 5.73. The average molecular weight is 369 g/mol. The van der Waals surface area contributed by atoms with E-state index in [9.17, 15) is 9.59 Å². The quantitative estimate of drug-likeness (QED) is 0.296. The monoisotopic (exact) mass is 368 g/mol. The summed E-state index contributed by atoms with van der Waals surface area (Å²) in [5.74, 6) is -0.679. The molecule has 0 bridgehead atoms. The lowest BCUT2D eigenvalue weighted by atomic mass is 10.1. The molecule has 0 aromatic rings. The van der Waals surface area contributed by atoms with Crippen LogP contribution in [-0.2, 0) is 4.79 Å². The maximum absolute atomic E-state index is 11.9. The fourth-order valence-electron chi connectivity index (χ4n) is 2.79. The van der Waals surface area contributed by atoms with Crippen molar-refractivity contribution in [3.63, 3.8) is 0 Å². The average Bonchev–Trinajstić information content (AvgIpc) is 2.63. The van der Waals surface area contributed by atoms with E-state index in [1.54, 1.807) is 9.80 Å². The van der Waals surface area contributed by atoms with Gasteiger partial charge >= 0.3 is 12.0 Å². The Balaban J connectivity index is 3.36. The van der Waals surface area contributed by atoms with Crippen LogP contribution in [0.15, 0.2) is 12.2 Å². The molecule has 0 atom stereocenters. The van der Waals surface area contributed by atoms with Crippen molar-refractivity contribution < 1.29 is 14.7 Å². The van der Waals surface area contributed by atoms with Gasteiger partial charge in [0.15, 0.2) is 0 Å². The number of amides is 2. The standard InChI is InChI=1S/C21H40N2O3/c1-4-22(2)21(26)23(3)19-17-15-13-11-9-7-5-6-8-10-12-14-16-18-20(24)25/h9,11H,4-8,10,12-19H2,1-3H3,(H,24,25)/b11-9-. The van der Waals surface area contributed by atoms with Gasteiger partial charge in [-0.1, -0.05) is 44.3 Å². The van der Waals surface area contributed by atoms with Crippen LogP contribution in [0.25, 0.3) is 0 Å². The zero-order valence-electron chi connectivity index (χ0n) is 17.2. The summed E-state index contributed by atoms with van der Waals surface area (Å²) in [6.45, 7) is 3.55. The van der Waals surface area contributed by atoms with Crippen LogP contribution in [0.1, 0.15) is 84.0 Å². The van der Waals surface area contributed by atoms with E-state index < -0.39 is 5.97 Å². The Morgan fingerprint density at radius 1 is 0.769 bits per heavy atom. The summed E-state index contributed by atoms with van der Waals surface area (Å²) in [4.78, 5) is 25.8. The van der Waals surface area contributed by atoms with E-state index in [0.717, 1.165) is 58.0 Å². The normalized spacial score (nSPS) is 11.0. The number of carboxylic acids is 1. The fourth-order valence-corrected chi connectivity index (χ4v) is 2.79. The zero-order valence-corrected chi connectivity index (χ0v) is 17.2. The molecule has 0 aliphatic heterocycles. The number of carbonyl (C=O) groups excluding carboxylic acids is 1. The summed E-state index contributed by atoms with van der Waals surface area (Å²) < 4.78 is 0. The van der Waals surface area contributed by atoms with Crippen molar-refractivity contribution in [1.29, 1.82) is 0 Å². The van der Waals surface area contributed by atoms with Gasteiger partial charge in [0.05, 0.1) is 0 Å². The lowest BCUT2D eigenvalue weighted by molar-refractivity contribution is -0.137. The minimum absolute atomic E-state index is 0.102. The molecule has 0 aromatic carbocycles. The van der Waals surface area contributed by atoms with Gasteiger partial charge in [0, 0.05) is 33.6 Å². The molecule has 0 spiro atoms. The molecule has 26 heavy (non-hydrogen) atoms. The van der Waals surface area contributed by atoms with Gasteiger partial charge in [-0.3, -0.25) is 4.79 Å². The third kappa shape index (κ3) is 14.8. The zero-order chi connectivity index (χ0) is 19.6. The smallest absolute Gasteiger partial charge is 0.319 e. The van der Waals surface area contributed by atoms with E-state index in [1.165, 1.54) is 25.7 Å². The second kappa shape index (κ2) is 16.9. The van der Waals surface area contributed by atoms with Crippen LogP contribution in [0.2, 0.25) is 0 Å². The summed E-state index contributed by atoms with van der Waals surface area (Å²) in [5, 5.41) is 8.56. The molecule has 0 aliphatic carbocycles. The van der Waals surface area contributed by atoms with Crippen LogP contribution < -0.4 is 0 Å². The number of unbranched alkanes of at least 4 members (excludes halogenated alkanes) is 9. The molecule has 0 heterocycles. The molecule has 0 aliphatic rings. The summed E-state index contributed by atoms with van der Waals surface area (Å²) in [7, 11) is 3.71. The number of carbonyl (C=O) groups is 2. The van der Waals surface area contributed by atoms with Gasteiger partial charge < -0.3 is 14.9 Å². The predicted molar refractivity (Wildman–Crippen MR) is 109 cm³/mol. The Labute approximate surface area is 160 Å². The van der Waals surface area contributed by atoms with Crippen LogP contribution >= 0.6 is 0 Å². The predicted octanol–water partition coefficient (Wildman–Crippen LogP) is 5.31. The molecule has 5 heteroatoms. The molecule has 5 nitrogen and oxygen atoms in total. The highest BCUT2D eigenvalue weighted by atomic mass is 16.4. The Hall–Kier alpha value is -1.52. The van der Waals surface area contributed by atoms with Crippen LogP contribution in [0.3, 0.4) is 0 Å². The number of aliphatic carboxylic acids is 1. The number of nitrogens with zero attached hydrogens (tertiary/aromatic N) is 2. The lowest BCUT2D eigenvalue weighted by Crippen LogP contribution is -2.39. The van der Waals surface area contributed by atoms with Crippen molar-refractivity contribution in [3.05, 3.63) is 12.2 Å². The molecule has 0 radical (unpaired) electrons. The Kier molecular flexibility index (Phi) is 15.9. The topological polar surface area (TPSA) is 60.9 Å². The first-order valence-corrected chi connectivity index (χ1v) is 10.3. The Morgan fingerprint density at radius 3 is 1.81 bits per heavy atom. The molecule has 152 valence electrons. The maximum atomic E-state index is 11.9. The molecule has 0 rings (SSSR count). The maximum Gasteiger partial charge on any atom is 0.319 e. The fraction of sp³-hybridized carbons (Fsp3) is 0.810. The number of rotatable bonds is 16. The van der Waals surface area contributed by atoms with E-state index in [2.05, 4.69) is 12.2 Å². The van der Waals surface area contributed by atoms with E-state index in [0.29, 0.717) is 6.42 Å². The highest BCUT2D eigenvalue weighted by Gasteiger charge is 2.11. The van der Waals surface area contributed by atoms with Gasteiger partial charge in [0.25, 0.3) is 0 Å². The van der Waals surface area contributed by atoms with Gasteiger partial charge in [-0.05, 0) is 45.4 Å². The van der Waals surface area contributed by atoms with Crippen molar-refractivity contribution in [3.8, 4) is 0 Å². The summed E-state index contributed by atoms with van der Waals surface area (Å²) in [6, 6.07) is 0.102. The van der Waals surface area contributed by atoms with Crippen molar-refractivity contribution in [2.24, 2.45) is 0 Å². The van der Waals surface area contributed by atoms with Gasteiger partial charge in [0.2, 0.25) is 0 Å². The molecule has 2 amide bonds. The van der Waals surface area contributed by atoms with E-state index in [1.807, 2.05) is 21.0 Å². The second-order valence-electron chi connectivity index (χ2n) is 7.09. The lowest BCUT2D eigenvalue weighted by Gasteiger charge is -2.23. The Morgan fingerprint density at radius 2 is 1.27 bits per heavy atom. The number of carboxylic acid groups (broad SMARTS) is 1. The molecule has 0 fully saturated rings. The van der Waals surface area contributed by atoms with E-state index in [-0.39, 0.29) is 6.03 Å². The van der Waals surface area contributed by atoms with E-state index in [4.69, 9.17) is 5.11 Å². The first kappa shape index (κ1) is 24.5. The van der Waals surface area contributed by atoms with Crippen molar-refractivity contribution >= 4 is 12.0 Å². The van der Waals surface area contributed by atoms with Gasteiger partial charge in [-0.25, -0.2) is 4.79 Å². The van der Waals surface area contributed by atoms with Crippen LogP contribution in [-0.4, -0.2) is 54.1 Å². The second-order valence-corrected chi connectivity index (χ2v) is 7.09. The van der Waals surface area contributed by atoms with Gasteiger partial charge in [0.1, 0.15) is 0 Å². The summed E-state index contributed by atoms with van der Waals surface area (Å²) in [5.41, 5.74) is 0.